The first-order chi connectivity index (χ1) is 9.34. The summed E-state index contributed by atoms with van der Waals surface area (Å²) in [4.78, 5) is 10.6. The second-order valence-electron chi connectivity index (χ2n) is 4.70. The maximum atomic E-state index is 13.0. The quantitative estimate of drug-likeness (QED) is 0.568. The highest BCUT2D eigenvalue weighted by Crippen LogP contribution is 2.32. The van der Waals surface area contributed by atoms with Gasteiger partial charge in [0.05, 0.1) is 10.7 Å². The zero-order chi connectivity index (χ0) is 14.9. The van der Waals surface area contributed by atoms with Gasteiger partial charge in [-0.05, 0) is 23.8 Å². The van der Waals surface area contributed by atoms with Crippen LogP contribution in [0, 0.1) is 15.9 Å². The fourth-order valence-electron chi connectivity index (χ4n) is 2.21. The Morgan fingerprint density at radius 2 is 1.95 bits per heavy atom. The van der Waals surface area contributed by atoms with Gasteiger partial charge in [0.1, 0.15) is 5.82 Å². The molecular weight excluding hydrogens is 263 g/mol. The molecule has 0 radical (unpaired) electrons. The largest absolute Gasteiger partial charge is 0.385 e. The summed E-state index contributed by atoms with van der Waals surface area (Å²) in [7, 11) is 0. The summed E-state index contributed by atoms with van der Waals surface area (Å²) < 4.78 is 13.0. The van der Waals surface area contributed by atoms with Gasteiger partial charge in [-0.1, -0.05) is 19.1 Å². The Hall–Kier alpha value is -2.41. The molecule has 0 fully saturated rings. The number of hydrogen-bond donors (Lipinski definition) is 3. The number of nitrogens with two attached hydrogens (primary N) is 2. The molecule has 6 nitrogen and oxygen atoms in total. The second kappa shape index (κ2) is 4.93. The first-order valence-corrected chi connectivity index (χ1v) is 5.99. The molecule has 0 amide bonds. The average molecular weight is 278 g/mol. The molecule has 0 aliphatic carbocycles. The van der Waals surface area contributed by atoms with Gasteiger partial charge >= 0.3 is 0 Å². The second-order valence-corrected chi connectivity index (χ2v) is 4.70. The van der Waals surface area contributed by atoms with Gasteiger partial charge in [-0.15, -0.1) is 0 Å². The van der Waals surface area contributed by atoms with E-state index in [1.54, 1.807) is 19.1 Å². The van der Waals surface area contributed by atoms with E-state index in [0.717, 1.165) is 0 Å². The van der Waals surface area contributed by atoms with Gasteiger partial charge in [-0.25, -0.2) is 4.39 Å². The lowest BCUT2D eigenvalue weighted by Gasteiger charge is -2.36. The lowest BCUT2D eigenvalue weighted by atomic mass is 9.84. The molecular formula is C13H15FN4O2. The molecule has 1 aliphatic heterocycles. The van der Waals surface area contributed by atoms with Crippen LogP contribution in [0.1, 0.15) is 18.4 Å². The summed E-state index contributed by atoms with van der Waals surface area (Å²) in [6.07, 6.45) is 2.67. The van der Waals surface area contributed by atoms with E-state index >= 15 is 0 Å². The third-order valence-corrected chi connectivity index (χ3v) is 3.45. The van der Waals surface area contributed by atoms with E-state index in [9.17, 15) is 14.5 Å². The molecule has 0 saturated carbocycles. The molecule has 0 aromatic heterocycles. The van der Waals surface area contributed by atoms with E-state index < -0.39 is 16.5 Å². The van der Waals surface area contributed by atoms with Crippen molar-refractivity contribution in [1.82, 2.24) is 5.32 Å². The molecule has 2 atom stereocenters. The number of allylic oxidation sites excluding steroid dienone is 2. The molecule has 2 unspecified atom stereocenters. The Morgan fingerprint density at radius 1 is 1.35 bits per heavy atom. The number of halogens is 1. The molecule has 2 rings (SSSR count). The number of rotatable bonds is 3. The molecule has 7 heteroatoms. The van der Waals surface area contributed by atoms with E-state index in [1.165, 1.54) is 24.3 Å². The number of nitro groups is 1. The van der Waals surface area contributed by atoms with Gasteiger partial charge in [-0.2, -0.15) is 0 Å². The van der Waals surface area contributed by atoms with E-state index in [2.05, 4.69) is 5.32 Å². The maximum absolute atomic E-state index is 13.0. The van der Waals surface area contributed by atoms with Crippen molar-refractivity contribution < 1.29 is 9.31 Å². The van der Waals surface area contributed by atoms with Gasteiger partial charge in [0, 0.05) is 12.0 Å². The monoisotopic (exact) mass is 278 g/mol. The lowest BCUT2D eigenvalue weighted by molar-refractivity contribution is -0.437. The Balaban J connectivity index is 2.42. The minimum atomic E-state index is -1.46. The number of benzene rings is 1. The number of hydrogen-bond acceptors (Lipinski definition) is 5. The van der Waals surface area contributed by atoms with E-state index in [1.807, 2.05) is 0 Å². The van der Waals surface area contributed by atoms with Crippen molar-refractivity contribution in [3.05, 3.63) is 69.4 Å². The predicted molar refractivity (Wildman–Crippen MR) is 72.2 cm³/mol. The molecule has 0 saturated heterocycles. The molecule has 106 valence electrons. The number of nitrogens with zero attached hydrogens (tertiary/aromatic N) is 1. The molecule has 0 bridgehead atoms. The van der Waals surface area contributed by atoms with E-state index in [4.69, 9.17) is 11.5 Å². The van der Waals surface area contributed by atoms with E-state index in [0.29, 0.717) is 5.56 Å². The van der Waals surface area contributed by atoms with Gasteiger partial charge in [0.15, 0.2) is 5.66 Å². The third kappa shape index (κ3) is 2.35. The van der Waals surface area contributed by atoms with Crippen LogP contribution in [0.2, 0.25) is 0 Å². The van der Waals surface area contributed by atoms with Crippen LogP contribution in [0.5, 0.6) is 0 Å². The van der Waals surface area contributed by atoms with Crippen molar-refractivity contribution >= 4 is 0 Å². The molecule has 1 aliphatic rings. The summed E-state index contributed by atoms with van der Waals surface area (Å²) in [5, 5.41) is 13.9. The van der Waals surface area contributed by atoms with Gasteiger partial charge < -0.3 is 11.1 Å². The predicted octanol–water partition coefficient (Wildman–Crippen LogP) is 1.15. The molecule has 20 heavy (non-hydrogen) atoms. The van der Waals surface area contributed by atoms with Crippen molar-refractivity contribution in [2.45, 2.75) is 18.5 Å². The van der Waals surface area contributed by atoms with Crippen LogP contribution >= 0.6 is 0 Å². The third-order valence-electron chi connectivity index (χ3n) is 3.45. The van der Waals surface area contributed by atoms with Crippen molar-refractivity contribution in [2.75, 3.05) is 0 Å². The molecule has 1 aromatic carbocycles. The normalized spacial score (nSPS) is 23.4. The van der Waals surface area contributed by atoms with Crippen molar-refractivity contribution in [3.63, 3.8) is 0 Å². The number of dihydropyridines is 1. The Labute approximate surface area is 115 Å². The lowest BCUT2D eigenvalue weighted by Crippen LogP contribution is -2.61. The van der Waals surface area contributed by atoms with Gasteiger partial charge in [0.2, 0.25) is 0 Å². The maximum Gasteiger partial charge on any atom is 0.286 e. The van der Waals surface area contributed by atoms with Crippen LogP contribution in [0.15, 0.2) is 47.9 Å². The first-order valence-electron chi connectivity index (χ1n) is 5.99. The van der Waals surface area contributed by atoms with Gasteiger partial charge in [-0.3, -0.25) is 15.8 Å². The highest BCUT2D eigenvalue weighted by molar-refractivity contribution is 5.34. The standard InChI is InChI=1S/C13H15FN4O2/c1-8(9-2-4-10(14)5-3-9)13(16)11(18(19)20)6-7-12(15)17-13/h2-8,17H,15-16H2,1H3. The molecule has 5 N–H and O–H groups in total. The van der Waals surface area contributed by atoms with Crippen LogP contribution in [0.3, 0.4) is 0 Å². The van der Waals surface area contributed by atoms with Crippen LogP contribution in [0.25, 0.3) is 0 Å². The summed E-state index contributed by atoms with van der Waals surface area (Å²) in [6.45, 7) is 1.72. The first kappa shape index (κ1) is 14.0. The van der Waals surface area contributed by atoms with Gasteiger partial charge in [0.25, 0.3) is 5.70 Å². The fourth-order valence-corrected chi connectivity index (χ4v) is 2.21. The Morgan fingerprint density at radius 3 is 2.50 bits per heavy atom. The molecule has 0 spiro atoms. The van der Waals surface area contributed by atoms with Crippen molar-refractivity contribution in [1.29, 1.82) is 0 Å². The highest BCUT2D eigenvalue weighted by atomic mass is 19.1. The summed E-state index contributed by atoms with van der Waals surface area (Å²) >= 11 is 0. The van der Waals surface area contributed by atoms with Crippen LogP contribution in [-0.2, 0) is 0 Å². The smallest absolute Gasteiger partial charge is 0.286 e. The highest BCUT2D eigenvalue weighted by Gasteiger charge is 2.46. The summed E-state index contributed by atoms with van der Waals surface area (Å²) in [6, 6.07) is 5.66. The SMILES string of the molecule is CC(c1ccc(F)cc1)C1(N)NC(N)=CC=C1[N+](=O)[O-]. The summed E-state index contributed by atoms with van der Waals surface area (Å²) in [5.74, 6) is -0.618. The average Bonchev–Trinajstić information content (AvgIpc) is 2.38. The molecule has 1 heterocycles. The van der Waals surface area contributed by atoms with Crippen LogP contribution in [-0.4, -0.2) is 10.6 Å². The van der Waals surface area contributed by atoms with Crippen molar-refractivity contribution in [3.8, 4) is 0 Å². The zero-order valence-corrected chi connectivity index (χ0v) is 10.8. The molecule has 1 aromatic rings. The van der Waals surface area contributed by atoms with Crippen molar-refractivity contribution in [2.24, 2.45) is 11.5 Å². The number of nitrogens with one attached hydrogen (secondary N) is 1. The Kier molecular flexibility index (Phi) is 3.46. The zero-order valence-electron chi connectivity index (χ0n) is 10.8. The minimum absolute atomic E-state index is 0.191. The van der Waals surface area contributed by atoms with Crippen LogP contribution < -0.4 is 16.8 Å². The Bertz CT molecular complexity index is 597. The minimum Gasteiger partial charge on any atom is -0.385 e. The fraction of sp³-hybridized carbons (Fsp3) is 0.231. The van der Waals surface area contributed by atoms with Crippen LogP contribution in [0.4, 0.5) is 4.39 Å². The summed E-state index contributed by atoms with van der Waals surface area (Å²) in [5.41, 5.74) is 10.8. The van der Waals surface area contributed by atoms with E-state index in [-0.39, 0.29) is 17.3 Å². The topological polar surface area (TPSA) is 107 Å².